The van der Waals surface area contributed by atoms with E-state index in [1.165, 1.54) is 0 Å². The molecule has 0 aliphatic carbocycles. The van der Waals surface area contributed by atoms with Crippen molar-refractivity contribution in [3.8, 4) is 11.8 Å². The van der Waals surface area contributed by atoms with E-state index in [-0.39, 0.29) is 12.5 Å². The maximum atomic E-state index is 11.8. The van der Waals surface area contributed by atoms with Crippen LogP contribution in [-0.2, 0) is 4.79 Å². The zero-order chi connectivity index (χ0) is 16.5. The summed E-state index contributed by atoms with van der Waals surface area (Å²) < 4.78 is 5.38. The number of rotatable bonds is 8. The van der Waals surface area contributed by atoms with Crippen molar-refractivity contribution in [1.29, 1.82) is 5.26 Å². The molecule has 22 heavy (non-hydrogen) atoms. The molecule has 1 aromatic rings. The van der Waals surface area contributed by atoms with E-state index in [1.54, 1.807) is 24.3 Å². The number of amides is 1. The van der Waals surface area contributed by atoms with E-state index in [4.69, 9.17) is 10.00 Å². The van der Waals surface area contributed by atoms with E-state index in [9.17, 15) is 4.79 Å². The van der Waals surface area contributed by atoms with Crippen molar-refractivity contribution in [3.05, 3.63) is 29.8 Å². The van der Waals surface area contributed by atoms with Crippen LogP contribution in [0.3, 0.4) is 0 Å². The number of nitrogens with zero attached hydrogens (tertiary/aromatic N) is 2. The molecule has 0 fully saturated rings. The number of nitriles is 1. The smallest absolute Gasteiger partial charge is 0.257 e. The lowest BCUT2D eigenvalue weighted by molar-refractivity contribution is -0.123. The largest absolute Gasteiger partial charge is 0.484 e. The van der Waals surface area contributed by atoms with Gasteiger partial charge in [0.05, 0.1) is 11.6 Å². The van der Waals surface area contributed by atoms with Crippen LogP contribution >= 0.6 is 0 Å². The van der Waals surface area contributed by atoms with Crippen molar-refractivity contribution in [2.75, 3.05) is 19.7 Å². The zero-order valence-electron chi connectivity index (χ0n) is 13.8. The lowest BCUT2D eigenvalue weighted by Crippen LogP contribution is -2.43. The summed E-state index contributed by atoms with van der Waals surface area (Å²) in [5.41, 5.74) is 0.569. The Morgan fingerprint density at radius 2 is 1.82 bits per heavy atom. The standard InChI is InChI=1S/C17H25N3O2/c1-13(2)20(14(3)4)10-9-19-17(21)12-22-16-7-5-15(11-18)6-8-16/h5-8,13-14H,9-10,12H2,1-4H3,(H,19,21). The molecule has 0 aliphatic heterocycles. The second-order valence-electron chi connectivity index (χ2n) is 5.70. The number of carbonyl (C=O) groups is 1. The summed E-state index contributed by atoms with van der Waals surface area (Å²) in [5.74, 6) is 0.442. The van der Waals surface area contributed by atoms with Crippen molar-refractivity contribution in [1.82, 2.24) is 10.2 Å². The molecule has 0 radical (unpaired) electrons. The monoisotopic (exact) mass is 303 g/mol. The minimum absolute atomic E-state index is 0.0186. The summed E-state index contributed by atoms with van der Waals surface area (Å²) in [6.07, 6.45) is 0. The summed E-state index contributed by atoms with van der Waals surface area (Å²) in [4.78, 5) is 14.1. The zero-order valence-corrected chi connectivity index (χ0v) is 13.8. The van der Waals surface area contributed by atoms with Crippen molar-refractivity contribution in [2.24, 2.45) is 0 Å². The summed E-state index contributed by atoms with van der Waals surface area (Å²) in [5, 5.41) is 11.6. The SMILES string of the molecule is CC(C)N(CCNC(=O)COc1ccc(C#N)cc1)C(C)C. The fourth-order valence-electron chi connectivity index (χ4n) is 2.26. The van der Waals surface area contributed by atoms with E-state index >= 15 is 0 Å². The summed E-state index contributed by atoms with van der Waals surface area (Å²) in [6, 6.07) is 9.63. The van der Waals surface area contributed by atoms with Crippen LogP contribution in [0.1, 0.15) is 33.3 Å². The van der Waals surface area contributed by atoms with E-state index < -0.39 is 0 Å². The van der Waals surface area contributed by atoms with Gasteiger partial charge in [-0.1, -0.05) is 0 Å². The van der Waals surface area contributed by atoms with E-state index in [0.29, 0.717) is 29.9 Å². The molecule has 1 amide bonds. The average Bonchev–Trinajstić information content (AvgIpc) is 2.49. The third-order valence-electron chi connectivity index (χ3n) is 3.37. The third-order valence-corrected chi connectivity index (χ3v) is 3.37. The summed E-state index contributed by atoms with van der Waals surface area (Å²) >= 11 is 0. The Morgan fingerprint density at radius 3 is 2.32 bits per heavy atom. The lowest BCUT2D eigenvalue weighted by atomic mass is 10.2. The van der Waals surface area contributed by atoms with Crippen LogP contribution in [0.4, 0.5) is 0 Å². The molecule has 0 spiro atoms. The van der Waals surface area contributed by atoms with E-state index in [2.05, 4.69) is 37.9 Å². The minimum Gasteiger partial charge on any atom is -0.484 e. The molecule has 0 aromatic heterocycles. The van der Waals surface area contributed by atoms with Crippen molar-refractivity contribution in [2.45, 2.75) is 39.8 Å². The Labute approximate surface area is 132 Å². The summed E-state index contributed by atoms with van der Waals surface area (Å²) in [6.45, 7) is 10.00. The number of hydrogen-bond acceptors (Lipinski definition) is 4. The number of ether oxygens (including phenoxy) is 1. The van der Waals surface area contributed by atoms with Crippen LogP contribution < -0.4 is 10.1 Å². The first-order valence-electron chi connectivity index (χ1n) is 7.59. The van der Waals surface area contributed by atoms with Crippen LogP contribution in [0.2, 0.25) is 0 Å². The van der Waals surface area contributed by atoms with Gasteiger partial charge >= 0.3 is 0 Å². The van der Waals surface area contributed by atoms with Gasteiger partial charge in [0.25, 0.3) is 5.91 Å². The van der Waals surface area contributed by atoms with Crippen LogP contribution in [0, 0.1) is 11.3 Å². The Kier molecular flexibility index (Phi) is 7.41. The van der Waals surface area contributed by atoms with Gasteiger partial charge in [-0.25, -0.2) is 0 Å². The molecule has 1 aromatic carbocycles. The Balaban J connectivity index is 2.30. The molecular formula is C17H25N3O2. The quantitative estimate of drug-likeness (QED) is 0.799. The average molecular weight is 303 g/mol. The second-order valence-corrected chi connectivity index (χ2v) is 5.70. The van der Waals surface area contributed by atoms with Gasteiger partial charge < -0.3 is 10.1 Å². The molecule has 0 bridgehead atoms. The Bertz CT molecular complexity index is 496. The van der Waals surface area contributed by atoms with Gasteiger partial charge in [0.1, 0.15) is 5.75 Å². The number of carbonyl (C=O) groups excluding carboxylic acids is 1. The van der Waals surface area contributed by atoms with Gasteiger partial charge in [0, 0.05) is 25.2 Å². The molecule has 120 valence electrons. The first-order chi connectivity index (χ1) is 10.4. The fraction of sp³-hybridized carbons (Fsp3) is 0.529. The van der Waals surface area contributed by atoms with Gasteiger partial charge in [0.2, 0.25) is 0 Å². The lowest BCUT2D eigenvalue weighted by Gasteiger charge is -2.30. The van der Waals surface area contributed by atoms with Gasteiger partial charge in [-0.05, 0) is 52.0 Å². The maximum absolute atomic E-state index is 11.8. The minimum atomic E-state index is -0.142. The number of hydrogen-bond donors (Lipinski definition) is 1. The first kappa shape index (κ1) is 18.0. The van der Waals surface area contributed by atoms with E-state index in [1.807, 2.05) is 6.07 Å². The Morgan fingerprint density at radius 1 is 1.23 bits per heavy atom. The summed E-state index contributed by atoms with van der Waals surface area (Å²) in [7, 11) is 0. The predicted octanol–water partition coefficient (Wildman–Crippen LogP) is 2.17. The molecule has 0 heterocycles. The normalized spacial score (nSPS) is 10.8. The van der Waals surface area contributed by atoms with Gasteiger partial charge in [-0.15, -0.1) is 0 Å². The van der Waals surface area contributed by atoms with Crippen molar-refractivity contribution in [3.63, 3.8) is 0 Å². The molecular weight excluding hydrogens is 278 g/mol. The highest BCUT2D eigenvalue weighted by molar-refractivity contribution is 5.77. The molecule has 1 N–H and O–H groups in total. The maximum Gasteiger partial charge on any atom is 0.257 e. The molecule has 0 saturated carbocycles. The van der Waals surface area contributed by atoms with Gasteiger partial charge in [-0.2, -0.15) is 5.26 Å². The second kappa shape index (κ2) is 9.06. The molecule has 5 heteroatoms. The molecule has 5 nitrogen and oxygen atoms in total. The topological polar surface area (TPSA) is 65.4 Å². The van der Waals surface area contributed by atoms with Crippen LogP contribution in [0.5, 0.6) is 5.75 Å². The van der Waals surface area contributed by atoms with E-state index in [0.717, 1.165) is 6.54 Å². The third kappa shape index (κ3) is 6.15. The number of nitrogens with one attached hydrogen (secondary N) is 1. The molecule has 0 unspecified atom stereocenters. The highest BCUT2D eigenvalue weighted by Gasteiger charge is 2.13. The molecule has 1 rings (SSSR count). The highest BCUT2D eigenvalue weighted by Crippen LogP contribution is 2.11. The van der Waals surface area contributed by atoms with Crippen LogP contribution in [0.15, 0.2) is 24.3 Å². The predicted molar refractivity (Wildman–Crippen MR) is 86.6 cm³/mol. The van der Waals surface area contributed by atoms with Crippen LogP contribution in [0.25, 0.3) is 0 Å². The van der Waals surface area contributed by atoms with Gasteiger partial charge in [-0.3, -0.25) is 9.69 Å². The Hall–Kier alpha value is -2.06. The first-order valence-corrected chi connectivity index (χ1v) is 7.59. The molecule has 0 aliphatic rings. The van der Waals surface area contributed by atoms with Gasteiger partial charge in [0.15, 0.2) is 6.61 Å². The van der Waals surface area contributed by atoms with Crippen LogP contribution in [-0.4, -0.2) is 42.6 Å². The highest BCUT2D eigenvalue weighted by atomic mass is 16.5. The van der Waals surface area contributed by atoms with Crippen molar-refractivity contribution >= 4 is 5.91 Å². The number of benzene rings is 1. The fourth-order valence-corrected chi connectivity index (χ4v) is 2.26. The molecule has 0 atom stereocenters. The van der Waals surface area contributed by atoms with Crippen molar-refractivity contribution < 1.29 is 9.53 Å². The molecule has 0 saturated heterocycles.